The quantitative estimate of drug-likeness (QED) is 0.660. The molecule has 0 saturated heterocycles. The second kappa shape index (κ2) is 8.64. The molecule has 1 rings (SSSR count). The normalized spacial score (nSPS) is 18.6. The molecule has 0 spiro atoms. The van der Waals surface area contributed by atoms with Gasteiger partial charge in [-0.05, 0) is 32.6 Å². The zero-order valence-corrected chi connectivity index (χ0v) is 12.9. The van der Waals surface area contributed by atoms with E-state index in [2.05, 4.69) is 10.6 Å². The van der Waals surface area contributed by atoms with Gasteiger partial charge >= 0.3 is 5.97 Å². The highest BCUT2D eigenvalue weighted by Gasteiger charge is 2.21. The minimum absolute atomic E-state index is 0.0950. The number of amides is 2. The molecule has 0 heterocycles. The maximum absolute atomic E-state index is 11.8. The molecule has 2 amide bonds. The first-order valence-electron chi connectivity index (χ1n) is 7.69. The molecule has 1 aliphatic rings. The van der Waals surface area contributed by atoms with Crippen LogP contribution in [-0.2, 0) is 14.4 Å². The van der Waals surface area contributed by atoms with E-state index in [0.29, 0.717) is 12.3 Å². The smallest absolute Gasteiger partial charge is 0.308 e. The first-order chi connectivity index (χ1) is 9.90. The fourth-order valence-electron chi connectivity index (χ4n) is 2.55. The van der Waals surface area contributed by atoms with E-state index in [-0.39, 0.29) is 18.4 Å². The Balaban J connectivity index is 2.22. The number of carboxylic acids is 1. The van der Waals surface area contributed by atoms with Crippen molar-refractivity contribution in [2.45, 2.75) is 58.4 Å². The zero-order valence-electron chi connectivity index (χ0n) is 12.9. The van der Waals surface area contributed by atoms with Gasteiger partial charge in [-0.3, -0.25) is 14.4 Å². The van der Waals surface area contributed by atoms with Crippen LogP contribution in [0.2, 0.25) is 0 Å². The predicted molar refractivity (Wildman–Crippen MR) is 78.6 cm³/mol. The van der Waals surface area contributed by atoms with Crippen LogP contribution in [-0.4, -0.2) is 35.5 Å². The molecule has 21 heavy (non-hydrogen) atoms. The number of carbonyl (C=O) groups is 3. The Kier molecular flexibility index (Phi) is 7.19. The first kappa shape index (κ1) is 17.5. The Hall–Kier alpha value is -1.59. The van der Waals surface area contributed by atoms with Gasteiger partial charge in [0.1, 0.15) is 0 Å². The standard InChI is InChI=1S/C15H26N2O4/c1-10(15(20)21)11(2)17-14(19)9-16-13(18)8-12-6-4-3-5-7-12/h10-12H,3-9H2,1-2H3,(H,16,18)(H,17,19)(H,20,21). The maximum Gasteiger partial charge on any atom is 0.308 e. The number of rotatable bonds is 7. The van der Waals surface area contributed by atoms with Crippen LogP contribution in [0, 0.1) is 11.8 Å². The van der Waals surface area contributed by atoms with Gasteiger partial charge in [0.15, 0.2) is 0 Å². The first-order valence-corrected chi connectivity index (χ1v) is 7.69. The summed E-state index contributed by atoms with van der Waals surface area (Å²) in [4.78, 5) is 34.2. The highest BCUT2D eigenvalue weighted by Crippen LogP contribution is 2.25. The Morgan fingerprint density at radius 1 is 1.10 bits per heavy atom. The molecule has 0 aromatic carbocycles. The van der Waals surface area contributed by atoms with Gasteiger partial charge in [0.05, 0.1) is 12.5 Å². The minimum Gasteiger partial charge on any atom is -0.481 e. The van der Waals surface area contributed by atoms with Crippen molar-refractivity contribution in [1.29, 1.82) is 0 Å². The summed E-state index contributed by atoms with van der Waals surface area (Å²) in [6, 6.07) is -0.467. The van der Waals surface area contributed by atoms with Crippen LogP contribution in [0.4, 0.5) is 0 Å². The van der Waals surface area contributed by atoms with Crippen LogP contribution < -0.4 is 10.6 Å². The van der Waals surface area contributed by atoms with Gasteiger partial charge in [0.25, 0.3) is 0 Å². The summed E-state index contributed by atoms with van der Waals surface area (Å²) in [7, 11) is 0. The molecule has 2 unspecified atom stereocenters. The predicted octanol–water partition coefficient (Wildman–Crippen LogP) is 1.30. The van der Waals surface area contributed by atoms with Gasteiger partial charge in [0.2, 0.25) is 11.8 Å². The van der Waals surface area contributed by atoms with Gasteiger partial charge in [-0.1, -0.05) is 19.3 Å². The Morgan fingerprint density at radius 3 is 2.29 bits per heavy atom. The zero-order chi connectivity index (χ0) is 15.8. The van der Waals surface area contributed by atoms with Crippen molar-refractivity contribution in [1.82, 2.24) is 10.6 Å². The molecule has 2 atom stereocenters. The van der Waals surface area contributed by atoms with Crippen LogP contribution in [0.15, 0.2) is 0 Å². The third-order valence-electron chi connectivity index (χ3n) is 4.17. The number of hydrogen-bond acceptors (Lipinski definition) is 3. The second-order valence-corrected chi connectivity index (χ2v) is 5.97. The van der Waals surface area contributed by atoms with E-state index in [1.54, 1.807) is 6.92 Å². The minimum atomic E-state index is -0.955. The van der Waals surface area contributed by atoms with Gasteiger partial charge in [-0.2, -0.15) is 0 Å². The summed E-state index contributed by atoms with van der Waals surface area (Å²) in [5.41, 5.74) is 0. The van der Waals surface area contributed by atoms with Crippen LogP contribution in [0.25, 0.3) is 0 Å². The molecule has 0 bridgehead atoms. The Labute approximate surface area is 125 Å². The van der Waals surface area contributed by atoms with Crippen molar-refractivity contribution >= 4 is 17.8 Å². The molecule has 3 N–H and O–H groups in total. The fraction of sp³-hybridized carbons (Fsp3) is 0.800. The highest BCUT2D eigenvalue weighted by molar-refractivity contribution is 5.85. The van der Waals surface area contributed by atoms with E-state index in [1.807, 2.05) is 0 Å². The molecular weight excluding hydrogens is 272 g/mol. The molecule has 6 nitrogen and oxygen atoms in total. The van der Waals surface area contributed by atoms with E-state index >= 15 is 0 Å². The van der Waals surface area contributed by atoms with Crippen molar-refractivity contribution in [3.8, 4) is 0 Å². The summed E-state index contributed by atoms with van der Waals surface area (Å²) in [5, 5.41) is 14.0. The molecular formula is C15H26N2O4. The van der Waals surface area contributed by atoms with Crippen molar-refractivity contribution in [3.63, 3.8) is 0 Å². The topological polar surface area (TPSA) is 95.5 Å². The van der Waals surface area contributed by atoms with Crippen LogP contribution in [0.5, 0.6) is 0 Å². The van der Waals surface area contributed by atoms with Crippen molar-refractivity contribution < 1.29 is 19.5 Å². The average Bonchev–Trinajstić information content (AvgIpc) is 2.45. The van der Waals surface area contributed by atoms with E-state index in [4.69, 9.17) is 5.11 Å². The van der Waals surface area contributed by atoms with Gasteiger partial charge in [0, 0.05) is 12.5 Å². The van der Waals surface area contributed by atoms with Gasteiger partial charge < -0.3 is 15.7 Å². The molecule has 0 aromatic heterocycles. The summed E-state index contributed by atoms with van der Waals surface area (Å²) >= 11 is 0. The summed E-state index contributed by atoms with van der Waals surface area (Å²) in [6.45, 7) is 3.08. The number of nitrogens with one attached hydrogen (secondary N) is 2. The number of hydrogen-bond donors (Lipinski definition) is 3. The van der Waals surface area contributed by atoms with Crippen LogP contribution in [0.1, 0.15) is 52.4 Å². The van der Waals surface area contributed by atoms with Gasteiger partial charge in [-0.25, -0.2) is 0 Å². The third kappa shape index (κ3) is 6.60. The SMILES string of the molecule is CC(NC(=O)CNC(=O)CC1CCCCC1)C(C)C(=O)O. The third-order valence-corrected chi connectivity index (χ3v) is 4.17. The van der Waals surface area contributed by atoms with E-state index < -0.39 is 17.9 Å². The summed E-state index contributed by atoms with van der Waals surface area (Å²) in [6.07, 6.45) is 6.28. The summed E-state index contributed by atoms with van der Waals surface area (Å²) < 4.78 is 0. The Morgan fingerprint density at radius 2 is 1.71 bits per heavy atom. The van der Waals surface area contributed by atoms with E-state index in [9.17, 15) is 14.4 Å². The molecule has 0 radical (unpaired) electrons. The molecule has 120 valence electrons. The lowest BCUT2D eigenvalue weighted by atomic mass is 9.87. The maximum atomic E-state index is 11.8. The van der Waals surface area contributed by atoms with E-state index in [0.717, 1.165) is 12.8 Å². The van der Waals surface area contributed by atoms with Crippen molar-refractivity contribution in [2.75, 3.05) is 6.54 Å². The summed E-state index contributed by atoms with van der Waals surface area (Å²) in [5.74, 6) is -1.63. The Bertz CT molecular complexity index is 378. The fourth-order valence-corrected chi connectivity index (χ4v) is 2.55. The lowest BCUT2D eigenvalue weighted by Gasteiger charge is -2.21. The lowest BCUT2D eigenvalue weighted by molar-refractivity contribution is -0.142. The molecule has 1 aliphatic carbocycles. The molecule has 1 fully saturated rings. The lowest BCUT2D eigenvalue weighted by Crippen LogP contribution is -2.45. The monoisotopic (exact) mass is 298 g/mol. The van der Waals surface area contributed by atoms with E-state index in [1.165, 1.54) is 26.2 Å². The molecule has 6 heteroatoms. The number of aliphatic carboxylic acids is 1. The van der Waals surface area contributed by atoms with Crippen molar-refractivity contribution in [2.24, 2.45) is 11.8 Å². The molecule has 0 aliphatic heterocycles. The van der Waals surface area contributed by atoms with Crippen LogP contribution >= 0.6 is 0 Å². The van der Waals surface area contributed by atoms with Crippen molar-refractivity contribution in [3.05, 3.63) is 0 Å². The van der Waals surface area contributed by atoms with Crippen LogP contribution in [0.3, 0.4) is 0 Å². The largest absolute Gasteiger partial charge is 0.481 e. The highest BCUT2D eigenvalue weighted by atomic mass is 16.4. The number of carbonyl (C=O) groups excluding carboxylic acids is 2. The molecule has 0 aromatic rings. The second-order valence-electron chi connectivity index (χ2n) is 5.97. The van der Waals surface area contributed by atoms with Gasteiger partial charge in [-0.15, -0.1) is 0 Å². The molecule has 1 saturated carbocycles. The average molecular weight is 298 g/mol. The number of carboxylic acid groups (broad SMARTS) is 1.